The van der Waals surface area contributed by atoms with Crippen molar-refractivity contribution in [2.24, 2.45) is 0 Å². The number of benzene rings is 2. The fourth-order valence-electron chi connectivity index (χ4n) is 1.90. The summed E-state index contributed by atoms with van der Waals surface area (Å²) in [6.07, 6.45) is -9.10. The van der Waals surface area contributed by atoms with Crippen LogP contribution in [0.4, 0.5) is 26.3 Å². The maximum Gasteiger partial charge on any atom is 0.416 e. The average Bonchev–Trinajstić information content (AvgIpc) is 2.45. The summed E-state index contributed by atoms with van der Waals surface area (Å²) in [7, 11) is 0. The third kappa shape index (κ3) is 3.22. The van der Waals surface area contributed by atoms with E-state index in [0.29, 0.717) is 6.07 Å². The van der Waals surface area contributed by atoms with Crippen LogP contribution in [0.25, 0.3) is 11.1 Å². The van der Waals surface area contributed by atoms with E-state index in [2.05, 4.69) is 0 Å². The molecule has 1 nitrogen and oxygen atoms in total. The van der Waals surface area contributed by atoms with Gasteiger partial charge in [0.25, 0.3) is 0 Å². The SMILES string of the molecule is N#Cc1cc(C(F)(F)F)ccc1-c1ccc(C(F)(F)F)cc1. The first-order valence-electron chi connectivity index (χ1n) is 5.92. The smallest absolute Gasteiger partial charge is 0.192 e. The van der Waals surface area contributed by atoms with E-state index >= 15 is 0 Å². The molecule has 0 aliphatic rings. The van der Waals surface area contributed by atoms with Crippen LogP contribution >= 0.6 is 0 Å². The summed E-state index contributed by atoms with van der Waals surface area (Å²) in [6, 6.07) is 8.02. The van der Waals surface area contributed by atoms with Gasteiger partial charge in [-0.3, -0.25) is 0 Å². The molecule has 0 aliphatic carbocycles. The molecule has 114 valence electrons. The van der Waals surface area contributed by atoms with Crippen molar-refractivity contribution in [2.75, 3.05) is 0 Å². The highest BCUT2D eigenvalue weighted by atomic mass is 19.4. The minimum Gasteiger partial charge on any atom is -0.192 e. The van der Waals surface area contributed by atoms with Gasteiger partial charge in [-0.1, -0.05) is 18.2 Å². The second kappa shape index (κ2) is 5.37. The first-order valence-corrected chi connectivity index (χ1v) is 5.92. The Balaban J connectivity index is 2.47. The number of nitrogens with zero attached hydrogens (tertiary/aromatic N) is 1. The predicted molar refractivity (Wildman–Crippen MR) is 66.6 cm³/mol. The molecule has 0 fully saturated rings. The summed E-state index contributed by atoms with van der Waals surface area (Å²) >= 11 is 0. The molecule has 0 saturated carbocycles. The standard InChI is InChI=1S/C15H7F6N/c16-14(17,18)11-3-1-9(2-4-11)13-6-5-12(15(19,20)21)7-10(13)8-22/h1-7H. The zero-order valence-corrected chi connectivity index (χ0v) is 10.8. The molecule has 0 bridgehead atoms. The fraction of sp³-hybridized carbons (Fsp3) is 0.133. The summed E-state index contributed by atoms with van der Waals surface area (Å²) < 4.78 is 75.2. The van der Waals surface area contributed by atoms with Crippen LogP contribution in [-0.4, -0.2) is 0 Å². The normalized spacial score (nSPS) is 12.0. The molecule has 0 amide bonds. The van der Waals surface area contributed by atoms with Gasteiger partial charge in [0.2, 0.25) is 0 Å². The molecule has 0 atom stereocenters. The van der Waals surface area contributed by atoms with Crippen LogP contribution < -0.4 is 0 Å². The molecular weight excluding hydrogens is 308 g/mol. The van der Waals surface area contributed by atoms with Crippen LogP contribution in [0.5, 0.6) is 0 Å². The van der Waals surface area contributed by atoms with Crippen LogP contribution in [0.15, 0.2) is 42.5 Å². The van der Waals surface area contributed by atoms with Crippen molar-refractivity contribution in [1.82, 2.24) is 0 Å². The average molecular weight is 315 g/mol. The summed E-state index contributed by atoms with van der Waals surface area (Å²) in [4.78, 5) is 0. The quantitative estimate of drug-likeness (QED) is 0.658. The third-order valence-corrected chi connectivity index (χ3v) is 2.99. The Hall–Kier alpha value is -2.49. The Labute approximate surface area is 121 Å². The lowest BCUT2D eigenvalue weighted by atomic mass is 9.97. The van der Waals surface area contributed by atoms with Gasteiger partial charge in [0.15, 0.2) is 0 Å². The van der Waals surface area contributed by atoms with Crippen molar-refractivity contribution in [2.45, 2.75) is 12.4 Å². The Kier molecular flexibility index (Phi) is 3.88. The number of alkyl halides is 6. The molecule has 0 heterocycles. The van der Waals surface area contributed by atoms with E-state index in [1.807, 2.05) is 0 Å². The van der Waals surface area contributed by atoms with Crippen molar-refractivity contribution in [3.8, 4) is 17.2 Å². The second-order valence-corrected chi connectivity index (χ2v) is 4.45. The van der Waals surface area contributed by atoms with E-state index in [9.17, 15) is 26.3 Å². The van der Waals surface area contributed by atoms with Crippen LogP contribution in [0.2, 0.25) is 0 Å². The topological polar surface area (TPSA) is 23.8 Å². The van der Waals surface area contributed by atoms with Gasteiger partial charge in [-0.2, -0.15) is 31.6 Å². The van der Waals surface area contributed by atoms with E-state index in [0.717, 1.165) is 36.4 Å². The van der Waals surface area contributed by atoms with Crippen LogP contribution in [0.1, 0.15) is 16.7 Å². The lowest BCUT2D eigenvalue weighted by Crippen LogP contribution is -2.06. The molecule has 0 aromatic heterocycles. The van der Waals surface area contributed by atoms with Crippen LogP contribution in [0, 0.1) is 11.3 Å². The second-order valence-electron chi connectivity index (χ2n) is 4.45. The highest BCUT2D eigenvalue weighted by Gasteiger charge is 2.32. The molecule has 0 N–H and O–H groups in total. The molecule has 0 saturated heterocycles. The maximum atomic E-state index is 12.6. The van der Waals surface area contributed by atoms with Gasteiger partial charge >= 0.3 is 12.4 Å². The van der Waals surface area contributed by atoms with Crippen LogP contribution in [0.3, 0.4) is 0 Å². The third-order valence-electron chi connectivity index (χ3n) is 2.99. The zero-order chi connectivity index (χ0) is 16.5. The molecular formula is C15H7F6N. The highest BCUT2D eigenvalue weighted by Crippen LogP contribution is 2.35. The number of rotatable bonds is 1. The molecule has 2 aromatic carbocycles. The van der Waals surface area contributed by atoms with Crippen molar-refractivity contribution in [1.29, 1.82) is 5.26 Å². The van der Waals surface area contributed by atoms with E-state index in [4.69, 9.17) is 5.26 Å². The Morgan fingerprint density at radius 2 is 1.23 bits per heavy atom. The first kappa shape index (κ1) is 15.9. The zero-order valence-electron chi connectivity index (χ0n) is 10.8. The van der Waals surface area contributed by atoms with Gasteiger partial charge in [0, 0.05) is 0 Å². The molecule has 7 heteroatoms. The maximum absolute atomic E-state index is 12.6. The summed E-state index contributed by atoms with van der Waals surface area (Å²) in [5.74, 6) is 0. The molecule has 2 rings (SSSR count). The summed E-state index contributed by atoms with van der Waals surface area (Å²) in [5, 5.41) is 8.96. The molecule has 0 spiro atoms. The molecule has 2 aromatic rings. The number of nitriles is 1. The number of hydrogen-bond acceptors (Lipinski definition) is 1. The van der Waals surface area contributed by atoms with E-state index in [-0.39, 0.29) is 16.7 Å². The van der Waals surface area contributed by atoms with Gasteiger partial charge in [-0.05, 0) is 35.4 Å². The Bertz CT molecular complexity index is 720. The van der Waals surface area contributed by atoms with Gasteiger partial charge in [-0.25, -0.2) is 0 Å². The van der Waals surface area contributed by atoms with Crippen molar-refractivity contribution in [3.05, 3.63) is 59.2 Å². The summed E-state index contributed by atoms with van der Waals surface area (Å²) in [6.45, 7) is 0. The van der Waals surface area contributed by atoms with E-state index in [1.165, 1.54) is 0 Å². The molecule has 22 heavy (non-hydrogen) atoms. The van der Waals surface area contributed by atoms with Gasteiger partial charge < -0.3 is 0 Å². The summed E-state index contributed by atoms with van der Waals surface area (Å²) in [5.41, 5.74) is -1.74. The number of halogens is 6. The van der Waals surface area contributed by atoms with Crippen molar-refractivity contribution >= 4 is 0 Å². The Morgan fingerprint density at radius 3 is 1.68 bits per heavy atom. The molecule has 0 radical (unpaired) electrons. The van der Waals surface area contributed by atoms with E-state index < -0.39 is 23.5 Å². The van der Waals surface area contributed by atoms with Gasteiger partial charge in [0.1, 0.15) is 0 Å². The lowest BCUT2D eigenvalue weighted by molar-refractivity contribution is -0.138. The van der Waals surface area contributed by atoms with Gasteiger partial charge in [-0.15, -0.1) is 0 Å². The molecule has 0 aliphatic heterocycles. The van der Waals surface area contributed by atoms with Crippen LogP contribution in [-0.2, 0) is 12.4 Å². The van der Waals surface area contributed by atoms with Crippen molar-refractivity contribution in [3.63, 3.8) is 0 Å². The monoisotopic (exact) mass is 315 g/mol. The fourth-order valence-corrected chi connectivity index (χ4v) is 1.90. The van der Waals surface area contributed by atoms with E-state index in [1.54, 1.807) is 6.07 Å². The van der Waals surface area contributed by atoms with Crippen molar-refractivity contribution < 1.29 is 26.3 Å². The highest BCUT2D eigenvalue weighted by molar-refractivity contribution is 5.71. The Morgan fingerprint density at radius 1 is 0.727 bits per heavy atom. The lowest BCUT2D eigenvalue weighted by Gasteiger charge is -2.11. The largest absolute Gasteiger partial charge is 0.416 e. The number of hydrogen-bond donors (Lipinski definition) is 0. The molecule has 0 unspecified atom stereocenters. The first-order chi connectivity index (χ1) is 10.1. The van der Waals surface area contributed by atoms with Gasteiger partial charge in [0.05, 0.1) is 22.8 Å². The minimum atomic E-state index is -4.59. The minimum absolute atomic E-state index is 0.143. The predicted octanol–water partition coefficient (Wildman–Crippen LogP) is 5.26.